The van der Waals surface area contributed by atoms with Crippen LogP contribution >= 0.6 is 0 Å². The van der Waals surface area contributed by atoms with Gasteiger partial charge in [0.25, 0.3) is 5.91 Å². The second-order valence-electron chi connectivity index (χ2n) is 8.76. The van der Waals surface area contributed by atoms with Crippen molar-refractivity contribution >= 4 is 17.1 Å². The zero-order chi connectivity index (χ0) is 22.6. The van der Waals surface area contributed by atoms with Gasteiger partial charge in [0.2, 0.25) is 0 Å². The Morgan fingerprint density at radius 3 is 2.65 bits per heavy atom. The number of H-pyrrole nitrogens is 1. The van der Waals surface area contributed by atoms with Gasteiger partial charge in [-0.25, -0.2) is 9.78 Å². The van der Waals surface area contributed by atoms with Crippen LogP contribution < -0.4 is 5.69 Å². The molecule has 31 heavy (non-hydrogen) atoms. The maximum Gasteiger partial charge on any atom is 0.392 e. The average Bonchev–Trinajstić information content (AvgIpc) is 2.99. The number of nitrogens with one attached hydrogen (secondary N) is 1. The summed E-state index contributed by atoms with van der Waals surface area (Å²) in [6.07, 6.45) is -2.77. The number of aryl methyl sites for hydroxylation is 1. The van der Waals surface area contributed by atoms with Crippen molar-refractivity contribution in [2.24, 2.45) is 18.4 Å². The van der Waals surface area contributed by atoms with Gasteiger partial charge in [0, 0.05) is 37.5 Å². The molecule has 0 spiro atoms. The number of benzene rings is 1. The lowest BCUT2D eigenvalue weighted by molar-refractivity contribution is -0.214. The van der Waals surface area contributed by atoms with Crippen LogP contribution in [0.25, 0.3) is 22.3 Å². The molecule has 0 radical (unpaired) electrons. The Morgan fingerprint density at radius 2 is 1.97 bits per heavy atom. The Labute approximate surface area is 176 Å². The summed E-state index contributed by atoms with van der Waals surface area (Å²) in [7, 11) is 1.64. The summed E-state index contributed by atoms with van der Waals surface area (Å²) < 4.78 is 41.5. The maximum absolute atomic E-state index is 13.3. The van der Waals surface area contributed by atoms with Crippen molar-refractivity contribution in [3.63, 3.8) is 0 Å². The first-order valence-corrected chi connectivity index (χ1v) is 9.98. The fourth-order valence-corrected chi connectivity index (χ4v) is 4.41. The fourth-order valence-electron chi connectivity index (χ4n) is 4.41. The largest absolute Gasteiger partial charge is 0.392 e. The summed E-state index contributed by atoms with van der Waals surface area (Å²) in [4.78, 5) is 33.3. The van der Waals surface area contributed by atoms with E-state index in [1.54, 1.807) is 45.3 Å². The molecule has 1 atom stereocenters. The Morgan fingerprint density at radius 1 is 1.23 bits per heavy atom. The van der Waals surface area contributed by atoms with Crippen molar-refractivity contribution in [1.82, 2.24) is 19.4 Å². The van der Waals surface area contributed by atoms with Crippen LogP contribution in [0.5, 0.6) is 0 Å². The second-order valence-corrected chi connectivity index (χ2v) is 8.76. The molecule has 1 unspecified atom stereocenters. The summed E-state index contributed by atoms with van der Waals surface area (Å²) in [5.41, 5.74) is 1.65. The van der Waals surface area contributed by atoms with Crippen molar-refractivity contribution < 1.29 is 18.0 Å². The molecule has 6 nitrogen and oxygen atoms in total. The number of carbonyl (C=O) groups is 1. The highest BCUT2D eigenvalue weighted by molar-refractivity contribution is 5.95. The molecule has 2 aromatic heterocycles. The van der Waals surface area contributed by atoms with Gasteiger partial charge in [-0.15, -0.1) is 0 Å². The number of nitrogens with zero attached hydrogens (tertiary/aromatic N) is 3. The van der Waals surface area contributed by atoms with Crippen LogP contribution in [0.15, 0.2) is 41.3 Å². The molecule has 3 aromatic rings. The first-order valence-electron chi connectivity index (χ1n) is 9.98. The molecule has 1 saturated heterocycles. The Kier molecular flexibility index (Phi) is 4.94. The molecule has 1 aromatic carbocycles. The molecular formula is C22H23F3N4O2. The van der Waals surface area contributed by atoms with E-state index >= 15 is 0 Å². The number of imidazole rings is 1. The van der Waals surface area contributed by atoms with Gasteiger partial charge in [0.15, 0.2) is 5.65 Å². The van der Waals surface area contributed by atoms with E-state index in [2.05, 4.69) is 9.97 Å². The normalized spacial score (nSPS) is 19.0. The number of likely N-dealkylation sites (tertiary alicyclic amines) is 1. The molecule has 1 amide bonds. The molecule has 9 heteroatoms. The van der Waals surface area contributed by atoms with Crippen molar-refractivity contribution in [3.05, 3.63) is 52.6 Å². The monoisotopic (exact) mass is 432 g/mol. The lowest BCUT2D eigenvalue weighted by Crippen LogP contribution is -2.52. The minimum absolute atomic E-state index is 0.0409. The summed E-state index contributed by atoms with van der Waals surface area (Å²) >= 11 is 0. The summed E-state index contributed by atoms with van der Waals surface area (Å²) in [6.45, 7) is 3.22. The molecule has 0 aliphatic carbocycles. The zero-order valence-electron chi connectivity index (χ0n) is 17.5. The molecule has 0 bridgehead atoms. The molecule has 0 saturated carbocycles. The number of alkyl halides is 3. The number of carbonyl (C=O) groups excluding carboxylic acids is 1. The maximum atomic E-state index is 13.3. The number of amides is 1. The number of hydrogen-bond donors (Lipinski definition) is 1. The molecule has 1 aliphatic heterocycles. The van der Waals surface area contributed by atoms with Gasteiger partial charge in [-0.3, -0.25) is 14.3 Å². The Bertz CT molecular complexity index is 1210. The number of piperidine rings is 1. The summed E-state index contributed by atoms with van der Waals surface area (Å²) in [6, 6.07) is 8.73. The number of hydrogen-bond acceptors (Lipinski definition) is 3. The van der Waals surface area contributed by atoms with E-state index in [0.29, 0.717) is 16.7 Å². The lowest BCUT2D eigenvalue weighted by Gasteiger charge is -2.44. The van der Waals surface area contributed by atoms with Crippen LogP contribution in [0.4, 0.5) is 13.2 Å². The Hall–Kier alpha value is -3.10. The molecule has 1 fully saturated rings. The van der Waals surface area contributed by atoms with E-state index in [1.807, 2.05) is 12.1 Å². The predicted molar refractivity (Wildman–Crippen MR) is 111 cm³/mol. The van der Waals surface area contributed by atoms with Crippen LogP contribution in [0.2, 0.25) is 0 Å². The quantitative estimate of drug-likeness (QED) is 0.666. The molecular weight excluding hydrogens is 409 g/mol. The lowest BCUT2D eigenvalue weighted by atomic mass is 9.73. The SMILES string of the molecule is Cn1c(=O)[nH]c2ncc(-c3cccc(C(=O)N4CCC(C(F)(F)F)C(C)(C)C4)c3)cc21. The third kappa shape index (κ3) is 3.84. The molecule has 3 heterocycles. The van der Waals surface area contributed by atoms with Crippen LogP contribution in [0.1, 0.15) is 30.6 Å². The van der Waals surface area contributed by atoms with E-state index < -0.39 is 17.5 Å². The van der Waals surface area contributed by atoms with Crippen molar-refractivity contribution in [2.45, 2.75) is 26.4 Å². The second kappa shape index (κ2) is 7.25. The van der Waals surface area contributed by atoms with Crippen LogP contribution in [-0.4, -0.2) is 44.6 Å². The molecule has 4 rings (SSSR count). The van der Waals surface area contributed by atoms with E-state index in [0.717, 1.165) is 11.1 Å². The highest BCUT2D eigenvalue weighted by Gasteiger charge is 2.51. The third-order valence-corrected chi connectivity index (χ3v) is 6.11. The number of aromatic nitrogens is 3. The number of fused-ring (bicyclic) bond motifs is 1. The average molecular weight is 432 g/mol. The van der Waals surface area contributed by atoms with Gasteiger partial charge in [0.05, 0.1) is 11.4 Å². The van der Waals surface area contributed by atoms with Crippen LogP contribution in [0.3, 0.4) is 0 Å². The van der Waals surface area contributed by atoms with Crippen LogP contribution in [0, 0.1) is 11.3 Å². The molecule has 1 N–H and O–H groups in total. The molecule has 1 aliphatic rings. The number of rotatable bonds is 2. The van der Waals surface area contributed by atoms with Crippen molar-refractivity contribution in [2.75, 3.05) is 13.1 Å². The van der Waals surface area contributed by atoms with Gasteiger partial charge in [0.1, 0.15) is 0 Å². The first-order chi connectivity index (χ1) is 14.5. The fraction of sp³-hybridized carbons (Fsp3) is 0.409. The minimum Gasteiger partial charge on any atom is -0.338 e. The van der Waals surface area contributed by atoms with Gasteiger partial charge >= 0.3 is 11.9 Å². The summed E-state index contributed by atoms with van der Waals surface area (Å²) in [5, 5.41) is 0. The number of pyridine rings is 1. The van der Waals surface area contributed by atoms with E-state index in [1.165, 1.54) is 9.47 Å². The standard InChI is InChI=1S/C22H23F3N4O2/c1-21(2)12-29(8-7-17(21)22(23,24)25)19(30)14-6-4-5-13(9-14)15-10-16-18(26-11-15)27-20(31)28(16)3/h4-6,9-11,17H,7-8,12H2,1-3H3,(H,26,27,31). The topological polar surface area (TPSA) is 71.0 Å². The first kappa shape index (κ1) is 21.1. The zero-order valence-corrected chi connectivity index (χ0v) is 17.5. The number of aromatic amines is 1. The van der Waals surface area contributed by atoms with Gasteiger partial charge < -0.3 is 4.90 Å². The highest BCUT2D eigenvalue weighted by Crippen LogP contribution is 2.45. The minimum atomic E-state index is -4.28. The smallest absolute Gasteiger partial charge is 0.338 e. The Balaban J connectivity index is 1.61. The van der Waals surface area contributed by atoms with E-state index in [4.69, 9.17) is 0 Å². The predicted octanol–water partition coefficient (Wildman–Crippen LogP) is 3.98. The van der Waals surface area contributed by atoms with E-state index in [-0.39, 0.29) is 31.1 Å². The van der Waals surface area contributed by atoms with Crippen molar-refractivity contribution in [3.8, 4) is 11.1 Å². The van der Waals surface area contributed by atoms with Crippen molar-refractivity contribution in [1.29, 1.82) is 0 Å². The number of halogens is 3. The molecule has 164 valence electrons. The van der Waals surface area contributed by atoms with Crippen LogP contribution in [-0.2, 0) is 7.05 Å². The van der Waals surface area contributed by atoms with Gasteiger partial charge in [-0.2, -0.15) is 13.2 Å². The summed E-state index contributed by atoms with van der Waals surface area (Å²) in [5.74, 6) is -1.72. The third-order valence-electron chi connectivity index (χ3n) is 6.11. The van der Waals surface area contributed by atoms with Gasteiger partial charge in [-0.1, -0.05) is 26.0 Å². The highest BCUT2D eigenvalue weighted by atomic mass is 19.4. The van der Waals surface area contributed by atoms with Gasteiger partial charge in [-0.05, 0) is 35.6 Å². The van der Waals surface area contributed by atoms with E-state index in [9.17, 15) is 22.8 Å².